The van der Waals surface area contributed by atoms with Crippen molar-refractivity contribution in [3.8, 4) is 11.5 Å². The second-order valence-electron chi connectivity index (χ2n) is 7.06. The van der Waals surface area contributed by atoms with E-state index in [1.54, 1.807) is 25.3 Å². The zero-order valence-corrected chi connectivity index (χ0v) is 18.4. The maximum atomic E-state index is 12.8. The normalized spacial score (nSPS) is 17.8. The molecule has 0 aliphatic carbocycles. The number of carbonyl (C=O) groups is 1. The number of ether oxygens (including phenoxy) is 2. The Balaban J connectivity index is 1.59. The number of nitrogens with zero attached hydrogens (tertiary/aromatic N) is 3. The predicted octanol–water partition coefficient (Wildman–Crippen LogP) is 4.71. The highest BCUT2D eigenvalue weighted by Gasteiger charge is 2.35. The summed E-state index contributed by atoms with van der Waals surface area (Å²) < 4.78 is 10.6. The Kier molecular flexibility index (Phi) is 6.23. The fraction of sp³-hybridized carbons (Fsp3) is 0.208. The minimum absolute atomic E-state index is 0.0398. The van der Waals surface area contributed by atoms with Gasteiger partial charge in [-0.2, -0.15) is 5.10 Å². The van der Waals surface area contributed by atoms with Crippen LogP contribution in [0.25, 0.3) is 10.8 Å². The topological polar surface area (TPSA) is 63.5 Å². The van der Waals surface area contributed by atoms with Gasteiger partial charge in [-0.05, 0) is 47.0 Å². The predicted molar refractivity (Wildman–Crippen MR) is 126 cm³/mol. The summed E-state index contributed by atoms with van der Waals surface area (Å²) in [7, 11) is 3.18. The Morgan fingerprint density at radius 1 is 1.03 bits per heavy atom. The smallest absolute Gasteiger partial charge is 0.242 e. The zero-order valence-electron chi connectivity index (χ0n) is 17.6. The molecule has 1 atom stereocenters. The van der Waals surface area contributed by atoms with Gasteiger partial charge in [-0.15, -0.1) is 5.10 Å². The summed E-state index contributed by atoms with van der Waals surface area (Å²) in [5.74, 6) is 1.31. The van der Waals surface area contributed by atoms with Crippen LogP contribution in [0.2, 0.25) is 0 Å². The third kappa shape index (κ3) is 4.41. The quantitative estimate of drug-likeness (QED) is 0.417. The molecule has 0 radical (unpaired) electrons. The van der Waals surface area contributed by atoms with Crippen molar-refractivity contribution in [3.63, 3.8) is 0 Å². The molecular weight excluding hydrogens is 410 g/mol. The van der Waals surface area contributed by atoms with Crippen molar-refractivity contribution in [2.75, 3.05) is 14.2 Å². The van der Waals surface area contributed by atoms with Gasteiger partial charge in [0, 0.05) is 0 Å². The van der Waals surface area contributed by atoms with Crippen LogP contribution in [0.4, 0.5) is 0 Å². The van der Waals surface area contributed by atoms with Gasteiger partial charge < -0.3 is 9.47 Å². The SMILES string of the molecule is COc1ccc(C=NN=C2SC(C)C(=O)N2Cc2cccc3ccccc23)cc1OC. The first-order valence-corrected chi connectivity index (χ1v) is 10.8. The van der Waals surface area contributed by atoms with Crippen LogP contribution in [0.5, 0.6) is 11.5 Å². The Morgan fingerprint density at radius 3 is 2.61 bits per heavy atom. The lowest BCUT2D eigenvalue weighted by Crippen LogP contribution is -2.30. The Labute approximate surface area is 185 Å². The number of thioether (sulfide) groups is 1. The molecule has 0 bridgehead atoms. The molecule has 1 aliphatic rings. The van der Waals surface area contributed by atoms with Gasteiger partial charge in [0.2, 0.25) is 5.91 Å². The van der Waals surface area contributed by atoms with Crippen LogP contribution in [-0.2, 0) is 11.3 Å². The molecular formula is C24H23N3O3S. The van der Waals surface area contributed by atoms with Gasteiger partial charge >= 0.3 is 0 Å². The highest BCUT2D eigenvalue weighted by molar-refractivity contribution is 8.15. The monoisotopic (exact) mass is 433 g/mol. The van der Waals surface area contributed by atoms with Gasteiger partial charge in [0.15, 0.2) is 16.7 Å². The van der Waals surface area contributed by atoms with Crippen LogP contribution < -0.4 is 9.47 Å². The van der Waals surface area contributed by atoms with Crippen LogP contribution in [0.1, 0.15) is 18.1 Å². The Hall–Kier alpha value is -3.32. The number of hydrogen-bond acceptors (Lipinski definition) is 6. The van der Waals surface area contributed by atoms with E-state index >= 15 is 0 Å². The average Bonchev–Trinajstić information content (AvgIpc) is 3.06. The van der Waals surface area contributed by atoms with Crippen molar-refractivity contribution in [3.05, 3.63) is 71.8 Å². The number of methoxy groups -OCH3 is 2. The lowest BCUT2D eigenvalue weighted by Gasteiger charge is -2.17. The van der Waals surface area contributed by atoms with E-state index in [9.17, 15) is 4.79 Å². The molecule has 1 heterocycles. The van der Waals surface area contributed by atoms with Gasteiger partial charge in [0.25, 0.3) is 0 Å². The van der Waals surface area contributed by atoms with E-state index in [1.165, 1.54) is 11.8 Å². The van der Waals surface area contributed by atoms with Crippen LogP contribution in [0.3, 0.4) is 0 Å². The summed E-state index contributed by atoms with van der Waals surface area (Å²) in [4.78, 5) is 14.5. The molecule has 158 valence electrons. The fourth-order valence-corrected chi connectivity index (χ4v) is 4.41. The van der Waals surface area contributed by atoms with E-state index in [0.29, 0.717) is 23.2 Å². The van der Waals surface area contributed by atoms with Gasteiger partial charge in [-0.1, -0.05) is 54.2 Å². The lowest BCUT2D eigenvalue weighted by atomic mass is 10.0. The average molecular weight is 434 g/mol. The maximum Gasteiger partial charge on any atom is 0.242 e. The number of hydrogen-bond donors (Lipinski definition) is 0. The molecule has 3 aromatic rings. The summed E-state index contributed by atoms with van der Waals surface area (Å²) in [6, 6.07) is 19.8. The minimum atomic E-state index is -0.190. The summed E-state index contributed by atoms with van der Waals surface area (Å²) in [5, 5.41) is 11.3. The molecule has 0 N–H and O–H groups in total. The molecule has 1 unspecified atom stereocenters. The fourth-order valence-electron chi connectivity index (χ4n) is 3.49. The summed E-state index contributed by atoms with van der Waals surface area (Å²) in [6.07, 6.45) is 1.64. The molecule has 1 aliphatic heterocycles. The molecule has 1 amide bonds. The molecule has 0 aromatic heterocycles. The van der Waals surface area contributed by atoms with Gasteiger partial charge in [0.05, 0.1) is 32.2 Å². The third-order valence-corrected chi connectivity index (χ3v) is 6.16. The lowest BCUT2D eigenvalue weighted by molar-refractivity contribution is -0.126. The standard InChI is InChI=1S/C24H23N3O3S/c1-16-23(28)27(15-19-9-6-8-18-7-4-5-10-20(18)19)24(31-16)26-25-14-17-11-12-21(29-2)22(13-17)30-3/h4-14,16H,15H2,1-3H3. The first kappa shape index (κ1) is 20.9. The van der Waals surface area contributed by atoms with Crippen molar-refractivity contribution in [2.45, 2.75) is 18.7 Å². The van der Waals surface area contributed by atoms with Gasteiger partial charge in [0.1, 0.15) is 0 Å². The van der Waals surface area contributed by atoms with E-state index in [0.717, 1.165) is 21.9 Å². The number of carbonyl (C=O) groups excluding carboxylic acids is 1. The van der Waals surface area contributed by atoms with E-state index in [4.69, 9.17) is 9.47 Å². The molecule has 3 aromatic carbocycles. The summed E-state index contributed by atoms with van der Waals surface area (Å²) in [6.45, 7) is 2.35. The Bertz CT molecular complexity index is 1170. The molecule has 0 spiro atoms. The molecule has 31 heavy (non-hydrogen) atoms. The first-order chi connectivity index (χ1) is 15.1. The van der Waals surface area contributed by atoms with Crippen LogP contribution >= 0.6 is 11.8 Å². The zero-order chi connectivity index (χ0) is 21.8. The third-order valence-electron chi connectivity index (χ3n) is 5.09. The molecule has 6 nitrogen and oxygen atoms in total. The van der Waals surface area contributed by atoms with Crippen molar-refractivity contribution < 1.29 is 14.3 Å². The molecule has 7 heteroatoms. The minimum Gasteiger partial charge on any atom is -0.493 e. The largest absolute Gasteiger partial charge is 0.493 e. The van der Waals surface area contributed by atoms with Crippen LogP contribution in [0, 0.1) is 0 Å². The molecule has 1 fully saturated rings. The Morgan fingerprint density at radius 2 is 1.81 bits per heavy atom. The van der Waals surface area contributed by atoms with Gasteiger partial charge in [-0.3, -0.25) is 9.69 Å². The van der Waals surface area contributed by atoms with Crippen molar-refractivity contribution in [1.82, 2.24) is 4.90 Å². The number of rotatable bonds is 6. The van der Waals surface area contributed by atoms with E-state index < -0.39 is 0 Å². The number of benzene rings is 3. The summed E-state index contributed by atoms with van der Waals surface area (Å²) >= 11 is 1.42. The van der Waals surface area contributed by atoms with E-state index in [-0.39, 0.29) is 11.2 Å². The number of amides is 1. The molecule has 4 rings (SSSR count). The second-order valence-corrected chi connectivity index (χ2v) is 8.37. The van der Waals surface area contributed by atoms with Crippen LogP contribution in [0.15, 0.2) is 70.9 Å². The van der Waals surface area contributed by atoms with Gasteiger partial charge in [-0.25, -0.2) is 0 Å². The van der Waals surface area contributed by atoms with Crippen molar-refractivity contribution >= 4 is 39.8 Å². The highest BCUT2D eigenvalue weighted by Crippen LogP contribution is 2.30. The first-order valence-electron chi connectivity index (χ1n) is 9.88. The number of fused-ring (bicyclic) bond motifs is 1. The van der Waals surface area contributed by atoms with E-state index in [1.807, 2.05) is 49.4 Å². The van der Waals surface area contributed by atoms with E-state index in [2.05, 4.69) is 28.4 Å². The van der Waals surface area contributed by atoms with Crippen molar-refractivity contribution in [1.29, 1.82) is 0 Å². The van der Waals surface area contributed by atoms with Crippen LogP contribution in [-0.4, -0.2) is 41.7 Å². The molecule has 1 saturated heterocycles. The maximum absolute atomic E-state index is 12.8. The number of amidine groups is 1. The second kappa shape index (κ2) is 9.22. The molecule has 0 saturated carbocycles. The van der Waals surface area contributed by atoms with Crippen molar-refractivity contribution in [2.24, 2.45) is 10.2 Å². The highest BCUT2D eigenvalue weighted by atomic mass is 32.2. The summed E-state index contributed by atoms with van der Waals surface area (Å²) in [5.41, 5.74) is 1.91.